The van der Waals surface area contributed by atoms with Crippen LogP contribution in [0.2, 0.25) is 0 Å². The molecule has 0 atom stereocenters. The molecule has 0 aromatic rings. The number of carbonyl (C=O) groups excluding carboxylic acids is 2. The van der Waals surface area contributed by atoms with E-state index >= 15 is 0 Å². The van der Waals surface area contributed by atoms with E-state index in [0.29, 0.717) is 0 Å². The predicted octanol–water partition coefficient (Wildman–Crippen LogP) is 3.83. The number of hydrogen-bond acceptors (Lipinski definition) is 4. The van der Waals surface area contributed by atoms with Crippen molar-refractivity contribution in [3.8, 4) is 0 Å². The van der Waals surface area contributed by atoms with E-state index < -0.39 is 23.3 Å². The van der Waals surface area contributed by atoms with Gasteiger partial charge in [0.25, 0.3) is 0 Å². The van der Waals surface area contributed by atoms with Crippen molar-refractivity contribution in [3.05, 3.63) is 0 Å². The monoisotopic (exact) mass is 300 g/mol. The summed E-state index contributed by atoms with van der Waals surface area (Å²) in [6, 6.07) is 0. The number of hydrogen-bond donors (Lipinski definition) is 0. The highest BCUT2D eigenvalue weighted by molar-refractivity contribution is 5.95. The zero-order valence-corrected chi connectivity index (χ0v) is 15.1. The Balaban J connectivity index is 4.89. The lowest BCUT2D eigenvalue weighted by atomic mass is 9.80. The lowest BCUT2D eigenvalue weighted by Crippen LogP contribution is -2.40. The van der Waals surface area contributed by atoms with Crippen LogP contribution in [0.5, 0.6) is 0 Å². The quantitative estimate of drug-likeness (QED) is 0.585. The van der Waals surface area contributed by atoms with Crippen LogP contribution in [0.25, 0.3) is 0 Å². The van der Waals surface area contributed by atoms with E-state index in [1.54, 1.807) is 0 Å². The molecule has 0 radical (unpaired) electrons. The molecule has 0 aliphatic rings. The zero-order valence-electron chi connectivity index (χ0n) is 15.1. The van der Waals surface area contributed by atoms with Crippen molar-refractivity contribution in [2.45, 2.75) is 62.3 Å². The van der Waals surface area contributed by atoms with E-state index in [4.69, 9.17) is 9.47 Å². The maximum Gasteiger partial charge on any atom is 0.320 e. The van der Waals surface area contributed by atoms with Crippen LogP contribution in [0.15, 0.2) is 0 Å². The number of rotatable bonds is 4. The first-order valence-corrected chi connectivity index (χ1v) is 7.47. The molecular weight excluding hydrogens is 268 g/mol. The Morgan fingerprint density at radius 1 is 0.714 bits per heavy atom. The van der Waals surface area contributed by atoms with Crippen LogP contribution in [0.1, 0.15) is 62.3 Å². The van der Waals surface area contributed by atoms with Crippen LogP contribution in [-0.2, 0) is 19.1 Å². The number of ether oxygens (including phenoxy) is 2. The number of esters is 2. The Kier molecular flexibility index (Phi) is 6.46. The van der Waals surface area contributed by atoms with Crippen LogP contribution in [0, 0.1) is 22.2 Å². The standard InChI is InChI=1S/C17H32O4/c1-15(2,3)10-20-13(18)12(17(7,8)9)14(19)21-11-16(4,5)6/h12H,10-11H2,1-9H3. The van der Waals surface area contributed by atoms with Gasteiger partial charge in [0.15, 0.2) is 5.92 Å². The highest BCUT2D eigenvalue weighted by Crippen LogP contribution is 2.29. The summed E-state index contributed by atoms with van der Waals surface area (Å²) in [7, 11) is 0. The van der Waals surface area contributed by atoms with Gasteiger partial charge in [-0.2, -0.15) is 0 Å². The van der Waals surface area contributed by atoms with E-state index in [1.165, 1.54) is 0 Å². The summed E-state index contributed by atoms with van der Waals surface area (Å²) in [5, 5.41) is 0. The van der Waals surface area contributed by atoms with E-state index in [-0.39, 0.29) is 24.0 Å². The molecular formula is C17H32O4. The molecule has 21 heavy (non-hydrogen) atoms. The minimum Gasteiger partial charge on any atom is -0.464 e. The van der Waals surface area contributed by atoms with Gasteiger partial charge < -0.3 is 9.47 Å². The molecule has 0 aromatic heterocycles. The second-order valence-electron chi connectivity index (χ2n) is 9.14. The van der Waals surface area contributed by atoms with Crippen molar-refractivity contribution in [3.63, 3.8) is 0 Å². The molecule has 0 amide bonds. The molecule has 0 rings (SSSR count). The maximum absolute atomic E-state index is 12.3. The lowest BCUT2D eigenvalue weighted by molar-refractivity contribution is -0.170. The Morgan fingerprint density at radius 2 is 1.00 bits per heavy atom. The molecule has 0 aromatic carbocycles. The third kappa shape index (κ3) is 8.74. The second kappa shape index (κ2) is 6.80. The molecule has 0 saturated heterocycles. The van der Waals surface area contributed by atoms with Crippen LogP contribution in [0.4, 0.5) is 0 Å². The topological polar surface area (TPSA) is 52.6 Å². The summed E-state index contributed by atoms with van der Waals surface area (Å²) in [4.78, 5) is 24.6. The first-order valence-electron chi connectivity index (χ1n) is 7.47. The maximum atomic E-state index is 12.3. The first-order chi connectivity index (χ1) is 9.13. The summed E-state index contributed by atoms with van der Waals surface area (Å²) in [6.45, 7) is 17.9. The van der Waals surface area contributed by atoms with Gasteiger partial charge in [0, 0.05) is 0 Å². The number of carbonyl (C=O) groups is 2. The van der Waals surface area contributed by atoms with E-state index in [2.05, 4.69) is 0 Å². The van der Waals surface area contributed by atoms with Crippen LogP contribution in [0.3, 0.4) is 0 Å². The average Bonchev–Trinajstić information content (AvgIpc) is 2.20. The van der Waals surface area contributed by atoms with Crippen molar-refractivity contribution in [1.82, 2.24) is 0 Å². The molecule has 0 bridgehead atoms. The van der Waals surface area contributed by atoms with Gasteiger partial charge in [-0.05, 0) is 16.2 Å². The van der Waals surface area contributed by atoms with Crippen molar-refractivity contribution in [2.24, 2.45) is 22.2 Å². The SMILES string of the molecule is CC(C)(C)COC(=O)C(C(=O)OCC(C)(C)C)C(C)(C)C. The minimum absolute atomic E-state index is 0.132. The molecule has 0 aliphatic heterocycles. The minimum atomic E-state index is -0.901. The molecule has 0 fully saturated rings. The normalized spacial score (nSPS) is 13.2. The van der Waals surface area contributed by atoms with Crippen LogP contribution >= 0.6 is 0 Å². The van der Waals surface area contributed by atoms with Gasteiger partial charge in [-0.15, -0.1) is 0 Å². The van der Waals surface area contributed by atoms with Gasteiger partial charge in [0.05, 0.1) is 13.2 Å². The highest BCUT2D eigenvalue weighted by Gasteiger charge is 2.41. The van der Waals surface area contributed by atoms with E-state index in [9.17, 15) is 9.59 Å². The van der Waals surface area contributed by atoms with Crippen molar-refractivity contribution >= 4 is 11.9 Å². The second-order valence-corrected chi connectivity index (χ2v) is 9.14. The molecule has 0 N–H and O–H groups in total. The molecule has 0 saturated carbocycles. The molecule has 4 heteroatoms. The van der Waals surface area contributed by atoms with Crippen LogP contribution < -0.4 is 0 Å². The van der Waals surface area contributed by atoms with Crippen molar-refractivity contribution in [2.75, 3.05) is 13.2 Å². The predicted molar refractivity (Wildman–Crippen MR) is 83.8 cm³/mol. The molecule has 0 spiro atoms. The third-order valence-electron chi connectivity index (χ3n) is 2.63. The fourth-order valence-corrected chi connectivity index (χ4v) is 1.55. The van der Waals surface area contributed by atoms with Gasteiger partial charge in [0.1, 0.15) is 0 Å². The summed E-state index contributed by atoms with van der Waals surface area (Å²) < 4.78 is 10.6. The Hall–Kier alpha value is -1.06. The average molecular weight is 300 g/mol. The van der Waals surface area contributed by atoms with Crippen molar-refractivity contribution in [1.29, 1.82) is 0 Å². The first kappa shape index (κ1) is 19.9. The van der Waals surface area contributed by atoms with Gasteiger partial charge in [-0.1, -0.05) is 62.3 Å². The molecule has 0 heterocycles. The third-order valence-corrected chi connectivity index (χ3v) is 2.63. The summed E-state index contributed by atoms with van der Waals surface area (Å²) in [6.07, 6.45) is 0. The van der Waals surface area contributed by atoms with Gasteiger partial charge >= 0.3 is 11.9 Å². The van der Waals surface area contributed by atoms with Gasteiger partial charge in [0.2, 0.25) is 0 Å². The van der Waals surface area contributed by atoms with Crippen molar-refractivity contribution < 1.29 is 19.1 Å². The largest absolute Gasteiger partial charge is 0.464 e. The molecule has 124 valence electrons. The lowest BCUT2D eigenvalue weighted by Gasteiger charge is -2.29. The Labute approximate surface area is 129 Å². The van der Waals surface area contributed by atoms with E-state index in [0.717, 1.165) is 0 Å². The summed E-state index contributed by atoms with van der Waals surface area (Å²) in [5.74, 6) is -1.91. The molecule has 4 nitrogen and oxygen atoms in total. The smallest absolute Gasteiger partial charge is 0.320 e. The summed E-state index contributed by atoms with van der Waals surface area (Å²) >= 11 is 0. The van der Waals surface area contributed by atoms with Gasteiger partial charge in [-0.3, -0.25) is 9.59 Å². The van der Waals surface area contributed by atoms with E-state index in [1.807, 2.05) is 62.3 Å². The van der Waals surface area contributed by atoms with Crippen LogP contribution in [-0.4, -0.2) is 25.2 Å². The fraction of sp³-hybridized carbons (Fsp3) is 0.882. The fourth-order valence-electron chi connectivity index (χ4n) is 1.55. The molecule has 0 aliphatic carbocycles. The van der Waals surface area contributed by atoms with Gasteiger partial charge in [-0.25, -0.2) is 0 Å². The Morgan fingerprint density at radius 3 is 1.19 bits per heavy atom. The highest BCUT2D eigenvalue weighted by atomic mass is 16.6. The molecule has 0 unspecified atom stereocenters. The Bertz CT molecular complexity index is 334. The zero-order chi connectivity index (χ0) is 17.1. The summed E-state index contributed by atoms with van der Waals surface area (Å²) in [5.41, 5.74) is -0.801.